The molecule has 0 rings (SSSR count). The number of hydrogen-bond acceptors (Lipinski definition) is 3. The maximum absolute atomic E-state index is 12.2. The first kappa shape index (κ1) is 14.9. The lowest BCUT2D eigenvalue weighted by Gasteiger charge is -2.30. The minimum Gasteiger partial charge on any atom is -0.468 e. The highest BCUT2D eigenvalue weighted by atomic mass is 16.5. The third-order valence-corrected chi connectivity index (χ3v) is 2.79. The van der Waals surface area contributed by atoms with E-state index in [1.807, 2.05) is 27.7 Å². The van der Waals surface area contributed by atoms with Crippen molar-refractivity contribution in [2.45, 2.75) is 40.5 Å². The van der Waals surface area contributed by atoms with Crippen LogP contribution >= 0.6 is 0 Å². The molecule has 0 saturated carbocycles. The van der Waals surface area contributed by atoms with Crippen LogP contribution < -0.4 is 0 Å². The Bertz CT molecular complexity index is 249. The molecule has 4 heteroatoms. The smallest absolute Gasteiger partial charge is 0.325 e. The van der Waals surface area contributed by atoms with Gasteiger partial charge in [-0.3, -0.25) is 9.59 Å². The summed E-state index contributed by atoms with van der Waals surface area (Å²) < 4.78 is 4.59. The van der Waals surface area contributed by atoms with Crippen LogP contribution in [0.25, 0.3) is 0 Å². The molecule has 0 heterocycles. The molecule has 0 unspecified atom stereocenters. The summed E-state index contributed by atoms with van der Waals surface area (Å²) in [6.45, 7) is 8.39. The van der Waals surface area contributed by atoms with Gasteiger partial charge in [0, 0.05) is 12.0 Å². The van der Waals surface area contributed by atoms with Crippen LogP contribution in [0.1, 0.15) is 40.5 Å². The third kappa shape index (κ3) is 4.21. The molecule has 0 aromatic heterocycles. The average molecular weight is 229 g/mol. The van der Waals surface area contributed by atoms with Crippen molar-refractivity contribution in [2.75, 3.05) is 20.2 Å². The molecule has 0 aromatic rings. The van der Waals surface area contributed by atoms with Gasteiger partial charge in [0.25, 0.3) is 0 Å². The number of hydrogen-bond donors (Lipinski definition) is 0. The monoisotopic (exact) mass is 229 g/mol. The van der Waals surface area contributed by atoms with E-state index in [4.69, 9.17) is 0 Å². The minimum atomic E-state index is -0.414. The predicted molar refractivity (Wildman–Crippen MR) is 63.0 cm³/mol. The second-order valence-corrected chi connectivity index (χ2v) is 4.54. The van der Waals surface area contributed by atoms with E-state index < -0.39 is 5.41 Å². The summed E-state index contributed by atoms with van der Waals surface area (Å²) >= 11 is 0. The number of amides is 1. The fourth-order valence-electron chi connectivity index (χ4n) is 1.32. The Morgan fingerprint density at radius 3 is 2.19 bits per heavy atom. The van der Waals surface area contributed by atoms with Crippen LogP contribution in [0, 0.1) is 5.41 Å². The lowest BCUT2D eigenvalue weighted by molar-refractivity contribution is -0.150. The molecule has 0 fully saturated rings. The molecule has 16 heavy (non-hydrogen) atoms. The largest absolute Gasteiger partial charge is 0.468 e. The second kappa shape index (κ2) is 6.51. The van der Waals surface area contributed by atoms with Crippen molar-refractivity contribution in [1.29, 1.82) is 0 Å². The van der Waals surface area contributed by atoms with Crippen molar-refractivity contribution in [3.63, 3.8) is 0 Å². The molecule has 0 aliphatic rings. The first-order chi connectivity index (χ1) is 7.38. The summed E-state index contributed by atoms with van der Waals surface area (Å²) in [6, 6.07) is 0. The summed E-state index contributed by atoms with van der Waals surface area (Å²) in [6.07, 6.45) is 1.59. The van der Waals surface area contributed by atoms with Crippen LogP contribution in [-0.2, 0) is 14.3 Å². The van der Waals surface area contributed by atoms with Gasteiger partial charge in [0.05, 0.1) is 7.11 Å². The van der Waals surface area contributed by atoms with Crippen LogP contribution in [-0.4, -0.2) is 37.0 Å². The summed E-state index contributed by atoms with van der Waals surface area (Å²) in [4.78, 5) is 24.9. The normalized spacial score (nSPS) is 11.1. The van der Waals surface area contributed by atoms with Gasteiger partial charge in [-0.15, -0.1) is 0 Å². The zero-order chi connectivity index (χ0) is 12.8. The summed E-state index contributed by atoms with van der Waals surface area (Å²) in [5.74, 6) is -0.351. The van der Waals surface area contributed by atoms with Gasteiger partial charge in [-0.25, -0.2) is 0 Å². The highest BCUT2D eigenvalue weighted by molar-refractivity contribution is 5.85. The predicted octanol–water partition coefficient (Wildman–Crippen LogP) is 1.83. The van der Waals surface area contributed by atoms with Gasteiger partial charge in [0.2, 0.25) is 5.91 Å². The van der Waals surface area contributed by atoms with Gasteiger partial charge >= 0.3 is 5.97 Å². The quantitative estimate of drug-likeness (QED) is 0.653. The standard InChI is InChI=1S/C12H23NO3/c1-6-8-13(9-10(14)16-5)11(15)12(3,4)7-2/h6-9H2,1-5H3. The topological polar surface area (TPSA) is 46.6 Å². The first-order valence-corrected chi connectivity index (χ1v) is 5.75. The summed E-state index contributed by atoms with van der Waals surface area (Å²) in [5.41, 5.74) is -0.414. The molecule has 0 radical (unpaired) electrons. The van der Waals surface area contributed by atoms with Gasteiger partial charge in [0.15, 0.2) is 0 Å². The molecule has 0 bridgehead atoms. The van der Waals surface area contributed by atoms with E-state index in [0.717, 1.165) is 12.8 Å². The molecular formula is C12H23NO3. The molecule has 0 N–H and O–H groups in total. The zero-order valence-electron chi connectivity index (χ0n) is 11.0. The maximum atomic E-state index is 12.2. The van der Waals surface area contributed by atoms with Crippen molar-refractivity contribution in [3.8, 4) is 0 Å². The molecule has 0 aliphatic heterocycles. The number of carbonyl (C=O) groups is 2. The van der Waals surface area contributed by atoms with Crippen LogP contribution in [0.2, 0.25) is 0 Å². The van der Waals surface area contributed by atoms with Gasteiger partial charge < -0.3 is 9.64 Å². The van der Waals surface area contributed by atoms with Gasteiger partial charge in [0.1, 0.15) is 6.54 Å². The molecule has 0 saturated heterocycles. The Hall–Kier alpha value is -1.06. The van der Waals surface area contributed by atoms with Crippen molar-refractivity contribution < 1.29 is 14.3 Å². The molecule has 1 amide bonds. The van der Waals surface area contributed by atoms with E-state index in [2.05, 4.69) is 4.74 Å². The molecule has 0 spiro atoms. The Labute approximate surface area is 98.0 Å². The van der Waals surface area contributed by atoms with E-state index in [1.54, 1.807) is 4.90 Å². The lowest BCUT2D eigenvalue weighted by Crippen LogP contribution is -2.44. The van der Waals surface area contributed by atoms with E-state index in [0.29, 0.717) is 6.54 Å². The summed E-state index contributed by atoms with van der Waals surface area (Å²) in [7, 11) is 1.34. The Balaban J connectivity index is 4.64. The van der Waals surface area contributed by atoms with Crippen LogP contribution in [0.15, 0.2) is 0 Å². The van der Waals surface area contributed by atoms with Crippen LogP contribution in [0.3, 0.4) is 0 Å². The number of methoxy groups -OCH3 is 1. The fraction of sp³-hybridized carbons (Fsp3) is 0.833. The average Bonchev–Trinajstić information content (AvgIpc) is 2.27. The highest BCUT2D eigenvalue weighted by Crippen LogP contribution is 2.23. The van der Waals surface area contributed by atoms with Gasteiger partial charge in [-0.2, -0.15) is 0 Å². The van der Waals surface area contributed by atoms with Crippen molar-refractivity contribution in [1.82, 2.24) is 4.90 Å². The van der Waals surface area contributed by atoms with Crippen molar-refractivity contribution >= 4 is 11.9 Å². The number of carbonyl (C=O) groups excluding carboxylic acids is 2. The Kier molecular flexibility index (Phi) is 6.08. The fourth-order valence-corrected chi connectivity index (χ4v) is 1.32. The number of rotatable bonds is 6. The summed E-state index contributed by atoms with van der Waals surface area (Å²) in [5, 5.41) is 0. The molecule has 94 valence electrons. The van der Waals surface area contributed by atoms with Crippen molar-refractivity contribution in [3.05, 3.63) is 0 Å². The zero-order valence-corrected chi connectivity index (χ0v) is 11.0. The maximum Gasteiger partial charge on any atom is 0.325 e. The van der Waals surface area contributed by atoms with Crippen LogP contribution in [0.4, 0.5) is 0 Å². The van der Waals surface area contributed by atoms with E-state index in [9.17, 15) is 9.59 Å². The molecule has 0 aromatic carbocycles. The highest BCUT2D eigenvalue weighted by Gasteiger charge is 2.30. The number of ether oxygens (including phenoxy) is 1. The lowest BCUT2D eigenvalue weighted by atomic mass is 9.88. The molecular weight excluding hydrogens is 206 g/mol. The molecule has 4 nitrogen and oxygen atoms in total. The first-order valence-electron chi connectivity index (χ1n) is 5.75. The van der Waals surface area contributed by atoms with Gasteiger partial charge in [-0.1, -0.05) is 27.7 Å². The Morgan fingerprint density at radius 1 is 1.25 bits per heavy atom. The number of esters is 1. The third-order valence-electron chi connectivity index (χ3n) is 2.79. The van der Waals surface area contributed by atoms with E-state index >= 15 is 0 Å². The second-order valence-electron chi connectivity index (χ2n) is 4.54. The molecule has 0 atom stereocenters. The van der Waals surface area contributed by atoms with Crippen LogP contribution in [0.5, 0.6) is 0 Å². The number of nitrogens with zero attached hydrogens (tertiary/aromatic N) is 1. The van der Waals surface area contributed by atoms with Crippen molar-refractivity contribution in [2.24, 2.45) is 5.41 Å². The molecule has 0 aliphatic carbocycles. The SMILES string of the molecule is CCCN(CC(=O)OC)C(=O)C(C)(C)CC. The van der Waals surface area contributed by atoms with Gasteiger partial charge in [-0.05, 0) is 12.8 Å². The van der Waals surface area contributed by atoms with E-state index in [1.165, 1.54) is 7.11 Å². The minimum absolute atomic E-state index is 0.0160. The van der Waals surface area contributed by atoms with E-state index in [-0.39, 0.29) is 18.4 Å². The Morgan fingerprint density at radius 2 is 1.81 bits per heavy atom.